The zero-order valence-corrected chi connectivity index (χ0v) is 15.9. The van der Waals surface area contributed by atoms with Crippen LogP contribution in [0.1, 0.15) is 33.6 Å². The SMILES string of the molecule is CC(=O)N1C2C(=CC(F)=CC2C)[C@H](Nc2ncccc2O)[C@@H](C)[C@@H]1C1CC1. The number of anilines is 1. The molecule has 27 heavy (non-hydrogen) atoms. The molecule has 0 aromatic carbocycles. The van der Waals surface area contributed by atoms with Crippen molar-refractivity contribution in [2.75, 3.05) is 5.32 Å². The molecule has 3 aliphatic rings. The van der Waals surface area contributed by atoms with Gasteiger partial charge in [-0.05, 0) is 48.6 Å². The van der Waals surface area contributed by atoms with Crippen LogP contribution in [0.15, 0.2) is 41.9 Å². The highest BCUT2D eigenvalue weighted by atomic mass is 19.1. The molecule has 0 spiro atoms. The third kappa shape index (κ3) is 3.11. The summed E-state index contributed by atoms with van der Waals surface area (Å²) in [6.07, 6.45) is 7.00. The van der Waals surface area contributed by atoms with Gasteiger partial charge in [0, 0.05) is 31.0 Å². The highest BCUT2D eigenvalue weighted by Gasteiger charge is 2.52. The molecule has 5 nitrogen and oxygen atoms in total. The number of piperidine rings is 1. The van der Waals surface area contributed by atoms with E-state index in [4.69, 9.17) is 0 Å². The van der Waals surface area contributed by atoms with Crippen molar-refractivity contribution < 1.29 is 14.3 Å². The van der Waals surface area contributed by atoms with Crippen LogP contribution in [0.25, 0.3) is 0 Å². The number of nitrogens with zero attached hydrogens (tertiary/aromatic N) is 2. The third-order valence-corrected chi connectivity index (χ3v) is 6.16. The Labute approximate surface area is 159 Å². The minimum atomic E-state index is -0.272. The van der Waals surface area contributed by atoms with Crippen molar-refractivity contribution in [1.82, 2.24) is 9.88 Å². The number of allylic oxidation sites excluding steroid dienone is 2. The number of likely N-dealkylation sites (tertiary alicyclic amines) is 1. The molecule has 5 atom stereocenters. The van der Waals surface area contributed by atoms with E-state index in [0.29, 0.717) is 11.7 Å². The summed E-state index contributed by atoms with van der Waals surface area (Å²) in [6.45, 7) is 5.68. The quantitative estimate of drug-likeness (QED) is 0.851. The Balaban J connectivity index is 1.78. The van der Waals surface area contributed by atoms with E-state index in [1.54, 1.807) is 37.4 Å². The Morgan fingerprint density at radius 3 is 2.74 bits per heavy atom. The Morgan fingerprint density at radius 2 is 2.11 bits per heavy atom. The summed E-state index contributed by atoms with van der Waals surface area (Å²) < 4.78 is 14.3. The molecule has 2 aliphatic carbocycles. The fourth-order valence-corrected chi connectivity index (χ4v) is 4.94. The van der Waals surface area contributed by atoms with Crippen LogP contribution in [0.5, 0.6) is 5.75 Å². The van der Waals surface area contributed by atoms with Crippen molar-refractivity contribution >= 4 is 11.7 Å². The molecule has 0 radical (unpaired) electrons. The lowest BCUT2D eigenvalue weighted by atomic mass is 9.71. The van der Waals surface area contributed by atoms with Crippen molar-refractivity contribution in [3.8, 4) is 5.75 Å². The smallest absolute Gasteiger partial charge is 0.220 e. The average Bonchev–Trinajstić information content (AvgIpc) is 3.43. The molecule has 1 amide bonds. The van der Waals surface area contributed by atoms with Crippen LogP contribution in [0, 0.1) is 17.8 Å². The summed E-state index contributed by atoms with van der Waals surface area (Å²) in [4.78, 5) is 18.8. The van der Waals surface area contributed by atoms with E-state index in [1.165, 1.54) is 0 Å². The van der Waals surface area contributed by atoms with Gasteiger partial charge in [0.25, 0.3) is 0 Å². The number of halogens is 1. The lowest BCUT2D eigenvalue weighted by molar-refractivity contribution is -0.137. The van der Waals surface area contributed by atoms with Crippen molar-refractivity contribution in [3.05, 3.63) is 41.9 Å². The van der Waals surface area contributed by atoms with E-state index in [2.05, 4.69) is 17.2 Å². The van der Waals surface area contributed by atoms with E-state index >= 15 is 0 Å². The molecule has 4 rings (SSSR count). The largest absolute Gasteiger partial charge is 0.504 e. The first kappa shape index (κ1) is 18.0. The van der Waals surface area contributed by atoms with Gasteiger partial charge in [-0.1, -0.05) is 13.8 Å². The fourth-order valence-electron chi connectivity index (χ4n) is 4.94. The lowest BCUT2D eigenvalue weighted by Gasteiger charge is -2.53. The second kappa shape index (κ2) is 6.66. The highest BCUT2D eigenvalue weighted by molar-refractivity contribution is 5.76. The molecule has 1 aliphatic heterocycles. The topological polar surface area (TPSA) is 65.5 Å². The number of rotatable bonds is 3. The first-order chi connectivity index (χ1) is 12.9. The molecule has 1 saturated heterocycles. The first-order valence-electron chi connectivity index (χ1n) is 9.66. The predicted molar refractivity (Wildman–Crippen MR) is 102 cm³/mol. The summed E-state index contributed by atoms with van der Waals surface area (Å²) in [5.41, 5.74) is 0.854. The minimum absolute atomic E-state index is 0.0383. The van der Waals surface area contributed by atoms with Crippen molar-refractivity contribution in [3.63, 3.8) is 0 Å². The normalized spacial score (nSPS) is 33.0. The van der Waals surface area contributed by atoms with Crippen LogP contribution in [0.3, 0.4) is 0 Å². The Kier molecular flexibility index (Phi) is 4.44. The van der Waals surface area contributed by atoms with E-state index < -0.39 is 0 Å². The third-order valence-electron chi connectivity index (χ3n) is 6.16. The van der Waals surface area contributed by atoms with E-state index in [9.17, 15) is 14.3 Å². The Bertz CT molecular complexity index is 817. The Hall–Kier alpha value is -2.37. The zero-order valence-electron chi connectivity index (χ0n) is 15.9. The molecule has 1 saturated carbocycles. The molecule has 144 valence electrons. The predicted octanol–water partition coefficient (Wildman–Crippen LogP) is 3.64. The van der Waals surface area contributed by atoms with Crippen molar-refractivity contribution in [1.29, 1.82) is 0 Å². The molecule has 2 N–H and O–H groups in total. The number of carbonyl (C=O) groups excluding carboxylic acids is 1. The molecule has 1 aromatic rings. The van der Waals surface area contributed by atoms with Gasteiger partial charge in [-0.3, -0.25) is 4.79 Å². The van der Waals surface area contributed by atoms with Gasteiger partial charge in [-0.25, -0.2) is 9.37 Å². The number of carbonyl (C=O) groups is 1. The average molecular weight is 371 g/mol. The standard InChI is InChI=1S/C21H26FN3O2/c1-11-9-15(22)10-16-18(24-21-17(27)5-4-8-23-21)12(2)20(14-6-7-14)25(13(3)26)19(11)16/h4-5,8-12,14,18-20,27H,6-7H2,1-3H3,(H,23,24)/t11?,12-,18-,19?,20-/m1/s1. The summed E-state index contributed by atoms with van der Waals surface area (Å²) in [5, 5.41) is 13.5. The van der Waals surface area contributed by atoms with Crippen LogP contribution in [0.2, 0.25) is 0 Å². The molecule has 0 bridgehead atoms. The van der Waals surface area contributed by atoms with Crippen LogP contribution < -0.4 is 5.32 Å². The monoisotopic (exact) mass is 371 g/mol. The van der Waals surface area contributed by atoms with E-state index in [0.717, 1.165) is 18.4 Å². The molecule has 2 fully saturated rings. The van der Waals surface area contributed by atoms with Gasteiger partial charge in [-0.15, -0.1) is 0 Å². The van der Waals surface area contributed by atoms with E-state index in [1.807, 2.05) is 11.8 Å². The molecule has 6 heteroatoms. The van der Waals surface area contributed by atoms with Gasteiger partial charge in [0.2, 0.25) is 5.91 Å². The van der Waals surface area contributed by atoms with Gasteiger partial charge < -0.3 is 15.3 Å². The number of amides is 1. The summed E-state index contributed by atoms with van der Waals surface area (Å²) in [6, 6.07) is 2.98. The number of aromatic hydroxyl groups is 1. The van der Waals surface area contributed by atoms with Crippen molar-refractivity contribution in [2.24, 2.45) is 17.8 Å². The molecule has 1 aromatic heterocycles. The lowest BCUT2D eigenvalue weighted by Crippen LogP contribution is -2.63. The number of fused-ring (bicyclic) bond motifs is 1. The number of hydrogen-bond acceptors (Lipinski definition) is 4. The molecule has 2 heterocycles. The minimum Gasteiger partial charge on any atom is -0.504 e. The maximum absolute atomic E-state index is 14.3. The van der Waals surface area contributed by atoms with Gasteiger partial charge in [-0.2, -0.15) is 0 Å². The number of aromatic nitrogens is 1. The summed E-state index contributed by atoms with van der Waals surface area (Å²) in [7, 11) is 0. The maximum Gasteiger partial charge on any atom is 0.220 e. The molecule has 2 unspecified atom stereocenters. The molecular formula is C21H26FN3O2. The number of hydrogen-bond donors (Lipinski definition) is 2. The van der Waals surface area contributed by atoms with Gasteiger partial charge in [0.05, 0.1) is 12.1 Å². The van der Waals surface area contributed by atoms with Crippen LogP contribution in [-0.2, 0) is 4.79 Å². The van der Waals surface area contributed by atoms with Gasteiger partial charge in [0.15, 0.2) is 11.6 Å². The molecular weight excluding hydrogens is 345 g/mol. The Morgan fingerprint density at radius 1 is 1.37 bits per heavy atom. The van der Waals surface area contributed by atoms with Crippen LogP contribution in [0.4, 0.5) is 10.2 Å². The highest BCUT2D eigenvalue weighted by Crippen LogP contribution is 2.48. The second-order valence-electron chi connectivity index (χ2n) is 8.11. The fraction of sp³-hybridized carbons (Fsp3) is 0.524. The van der Waals surface area contributed by atoms with Crippen molar-refractivity contribution in [2.45, 2.75) is 51.7 Å². The number of nitrogens with one attached hydrogen (secondary N) is 1. The first-order valence-corrected chi connectivity index (χ1v) is 9.66. The zero-order chi connectivity index (χ0) is 19.3. The van der Waals surface area contributed by atoms with Gasteiger partial charge in [0.1, 0.15) is 5.83 Å². The van der Waals surface area contributed by atoms with Crippen LogP contribution in [-0.4, -0.2) is 39.0 Å². The van der Waals surface area contributed by atoms with Crippen LogP contribution >= 0.6 is 0 Å². The summed E-state index contributed by atoms with van der Waals surface area (Å²) >= 11 is 0. The number of pyridine rings is 1. The second-order valence-corrected chi connectivity index (χ2v) is 8.11. The summed E-state index contributed by atoms with van der Waals surface area (Å²) in [5.74, 6) is 0.673. The van der Waals surface area contributed by atoms with E-state index in [-0.39, 0.29) is 47.4 Å². The maximum atomic E-state index is 14.3. The van der Waals surface area contributed by atoms with Gasteiger partial charge >= 0.3 is 0 Å².